The van der Waals surface area contributed by atoms with E-state index < -0.39 is 0 Å². The van der Waals surface area contributed by atoms with Gasteiger partial charge in [0.1, 0.15) is 5.82 Å². The van der Waals surface area contributed by atoms with Gasteiger partial charge < -0.3 is 5.32 Å². The molecule has 2 aromatic carbocycles. The molecule has 0 bridgehead atoms. The molecule has 0 saturated carbocycles. The molecule has 1 N–H and O–H groups in total. The lowest BCUT2D eigenvalue weighted by atomic mass is 10.1. The third-order valence-electron chi connectivity index (χ3n) is 3.18. The molecular weight excluding hydrogens is 251 g/mol. The summed E-state index contributed by atoms with van der Waals surface area (Å²) in [7, 11) is 0. The molecule has 2 aromatic rings. The van der Waals surface area contributed by atoms with Crippen LogP contribution in [-0.2, 0) is 13.0 Å². The van der Waals surface area contributed by atoms with Crippen LogP contribution in [0.1, 0.15) is 30.0 Å². The van der Waals surface area contributed by atoms with Gasteiger partial charge in [0.15, 0.2) is 0 Å². The summed E-state index contributed by atoms with van der Waals surface area (Å²) < 4.78 is 13.7. The Morgan fingerprint density at radius 3 is 2.70 bits per heavy atom. The van der Waals surface area contributed by atoms with Crippen molar-refractivity contribution in [3.8, 4) is 6.07 Å². The van der Waals surface area contributed by atoms with E-state index in [4.69, 9.17) is 5.26 Å². The fraction of sp³-hybridized carbons (Fsp3) is 0.235. The highest BCUT2D eigenvalue weighted by Crippen LogP contribution is 2.19. The van der Waals surface area contributed by atoms with Crippen LogP contribution in [-0.4, -0.2) is 0 Å². The summed E-state index contributed by atoms with van der Waals surface area (Å²) in [5.41, 5.74) is 3.24. The van der Waals surface area contributed by atoms with Crippen LogP contribution in [0.5, 0.6) is 0 Å². The Labute approximate surface area is 118 Å². The quantitative estimate of drug-likeness (QED) is 0.879. The molecule has 0 radical (unpaired) electrons. The first-order valence-corrected chi connectivity index (χ1v) is 6.75. The molecule has 0 aliphatic carbocycles. The van der Waals surface area contributed by atoms with Crippen molar-refractivity contribution in [2.45, 2.75) is 26.3 Å². The minimum Gasteiger partial charge on any atom is -0.381 e. The topological polar surface area (TPSA) is 35.8 Å². The Morgan fingerprint density at radius 1 is 1.15 bits per heavy atom. The molecule has 20 heavy (non-hydrogen) atoms. The average Bonchev–Trinajstić information content (AvgIpc) is 2.48. The summed E-state index contributed by atoms with van der Waals surface area (Å²) in [6.45, 7) is 2.51. The predicted octanol–water partition coefficient (Wildman–Crippen LogP) is 4.26. The minimum absolute atomic E-state index is 0.288. The number of nitriles is 1. The molecule has 0 aromatic heterocycles. The van der Waals surface area contributed by atoms with E-state index in [0.29, 0.717) is 17.7 Å². The van der Waals surface area contributed by atoms with Crippen molar-refractivity contribution >= 4 is 5.69 Å². The number of hydrogen-bond acceptors (Lipinski definition) is 2. The first kappa shape index (κ1) is 14.1. The van der Waals surface area contributed by atoms with E-state index in [1.54, 1.807) is 6.07 Å². The lowest BCUT2D eigenvalue weighted by Gasteiger charge is -2.12. The number of nitrogens with one attached hydrogen (secondary N) is 1. The molecule has 0 amide bonds. The van der Waals surface area contributed by atoms with Gasteiger partial charge >= 0.3 is 0 Å². The molecule has 0 spiro atoms. The highest BCUT2D eigenvalue weighted by molar-refractivity contribution is 5.51. The van der Waals surface area contributed by atoms with Crippen LogP contribution in [0.15, 0.2) is 42.5 Å². The maximum absolute atomic E-state index is 13.7. The monoisotopic (exact) mass is 268 g/mol. The maximum atomic E-state index is 13.7. The van der Waals surface area contributed by atoms with Gasteiger partial charge in [-0.05, 0) is 36.2 Å². The molecule has 0 unspecified atom stereocenters. The van der Waals surface area contributed by atoms with Gasteiger partial charge in [-0.3, -0.25) is 0 Å². The lowest BCUT2D eigenvalue weighted by molar-refractivity contribution is 0.612. The fourth-order valence-corrected chi connectivity index (χ4v) is 2.15. The van der Waals surface area contributed by atoms with Crippen molar-refractivity contribution in [2.24, 2.45) is 0 Å². The lowest BCUT2D eigenvalue weighted by Crippen LogP contribution is -2.04. The van der Waals surface area contributed by atoms with Crippen LogP contribution in [0, 0.1) is 17.1 Å². The second-order valence-corrected chi connectivity index (χ2v) is 4.68. The Bertz CT molecular complexity index is 629. The summed E-state index contributed by atoms with van der Waals surface area (Å²) in [4.78, 5) is 0. The molecule has 102 valence electrons. The molecule has 2 rings (SSSR count). The molecule has 2 nitrogen and oxygen atoms in total. The number of hydrogen-bond donors (Lipinski definition) is 1. The zero-order valence-electron chi connectivity index (χ0n) is 11.5. The fourth-order valence-electron chi connectivity index (χ4n) is 2.15. The van der Waals surface area contributed by atoms with Crippen LogP contribution in [0.2, 0.25) is 0 Å². The van der Waals surface area contributed by atoms with Crippen LogP contribution >= 0.6 is 0 Å². The summed E-state index contributed by atoms with van der Waals surface area (Å²) in [6, 6.07) is 14.5. The number of nitrogens with zero attached hydrogens (tertiary/aromatic N) is 1. The highest BCUT2D eigenvalue weighted by atomic mass is 19.1. The third-order valence-corrected chi connectivity index (χ3v) is 3.18. The molecule has 3 heteroatoms. The van der Waals surface area contributed by atoms with E-state index in [1.165, 1.54) is 17.7 Å². The van der Waals surface area contributed by atoms with Crippen LogP contribution in [0.4, 0.5) is 10.1 Å². The zero-order valence-corrected chi connectivity index (χ0v) is 11.5. The van der Waals surface area contributed by atoms with Crippen molar-refractivity contribution in [2.75, 3.05) is 5.32 Å². The molecule has 0 atom stereocenters. The summed E-state index contributed by atoms with van der Waals surface area (Å²) in [5.74, 6) is -0.288. The van der Waals surface area contributed by atoms with Crippen LogP contribution in [0.3, 0.4) is 0 Å². The van der Waals surface area contributed by atoms with Gasteiger partial charge in [0, 0.05) is 17.8 Å². The molecule has 0 heterocycles. The molecule has 0 saturated heterocycles. The van der Waals surface area contributed by atoms with Gasteiger partial charge in [0.05, 0.1) is 11.6 Å². The number of halogens is 1. The Balaban J connectivity index is 2.15. The van der Waals surface area contributed by atoms with E-state index >= 15 is 0 Å². The molecule has 0 fully saturated rings. The van der Waals surface area contributed by atoms with Crippen molar-refractivity contribution < 1.29 is 4.39 Å². The average molecular weight is 268 g/mol. The van der Waals surface area contributed by atoms with Crippen molar-refractivity contribution in [1.82, 2.24) is 0 Å². The van der Waals surface area contributed by atoms with E-state index in [-0.39, 0.29) is 5.82 Å². The smallest absolute Gasteiger partial charge is 0.128 e. The summed E-state index contributed by atoms with van der Waals surface area (Å²) in [5, 5.41) is 12.1. The number of para-hydroxylation sites is 1. The first-order chi connectivity index (χ1) is 9.74. The molecular formula is C17H17FN2. The van der Waals surface area contributed by atoms with Gasteiger partial charge in [0.25, 0.3) is 0 Å². The summed E-state index contributed by atoms with van der Waals surface area (Å²) in [6.07, 6.45) is 2.06. The van der Waals surface area contributed by atoms with E-state index in [2.05, 4.69) is 18.3 Å². The SMILES string of the molecule is CCCc1ccccc1NCc1cc(C#N)ccc1F. The normalized spacial score (nSPS) is 10.1. The summed E-state index contributed by atoms with van der Waals surface area (Å²) >= 11 is 0. The number of rotatable bonds is 5. The zero-order chi connectivity index (χ0) is 14.4. The Kier molecular flexibility index (Phi) is 4.73. The largest absolute Gasteiger partial charge is 0.381 e. The van der Waals surface area contributed by atoms with E-state index in [9.17, 15) is 4.39 Å². The second-order valence-electron chi connectivity index (χ2n) is 4.68. The van der Waals surface area contributed by atoms with Gasteiger partial charge in [-0.15, -0.1) is 0 Å². The van der Waals surface area contributed by atoms with E-state index in [1.807, 2.05) is 24.3 Å². The first-order valence-electron chi connectivity index (χ1n) is 6.75. The second kappa shape index (κ2) is 6.72. The minimum atomic E-state index is -0.288. The standard InChI is InChI=1S/C17H17FN2/c1-2-5-14-6-3-4-7-17(14)20-12-15-10-13(11-19)8-9-16(15)18/h3-4,6-10,20H,2,5,12H2,1H3. The highest BCUT2D eigenvalue weighted by Gasteiger charge is 2.05. The number of benzene rings is 2. The van der Waals surface area contributed by atoms with Crippen LogP contribution in [0.25, 0.3) is 0 Å². The number of anilines is 1. The van der Waals surface area contributed by atoms with E-state index in [0.717, 1.165) is 18.5 Å². The van der Waals surface area contributed by atoms with Crippen molar-refractivity contribution in [3.05, 3.63) is 65.0 Å². The van der Waals surface area contributed by atoms with Gasteiger partial charge in [-0.25, -0.2) is 4.39 Å². The van der Waals surface area contributed by atoms with Crippen molar-refractivity contribution in [3.63, 3.8) is 0 Å². The van der Waals surface area contributed by atoms with Crippen LogP contribution < -0.4 is 5.32 Å². The van der Waals surface area contributed by atoms with Gasteiger partial charge in [-0.1, -0.05) is 31.5 Å². The molecule has 0 aliphatic rings. The Morgan fingerprint density at radius 2 is 1.95 bits per heavy atom. The van der Waals surface area contributed by atoms with Gasteiger partial charge in [-0.2, -0.15) is 5.26 Å². The van der Waals surface area contributed by atoms with Crippen molar-refractivity contribution in [1.29, 1.82) is 5.26 Å². The third kappa shape index (κ3) is 3.36. The Hall–Kier alpha value is -2.34. The predicted molar refractivity (Wildman–Crippen MR) is 78.9 cm³/mol. The molecule has 0 aliphatic heterocycles. The van der Waals surface area contributed by atoms with Gasteiger partial charge in [0.2, 0.25) is 0 Å². The number of aryl methyl sites for hydroxylation is 1. The maximum Gasteiger partial charge on any atom is 0.128 e.